The number of pyridine rings is 1. The van der Waals surface area contributed by atoms with E-state index in [-0.39, 0.29) is 12.1 Å². The molecule has 120 valence electrons. The third-order valence-electron chi connectivity index (χ3n) is 4.03. The Hall–Kier alpha value is -2.41. The van der Waals surface area contributed by atoms with Crippen molar-refractivity contribution in [1.82, 2.24) is 10.3 Å². The molecule has 3 rings (SSSR count). The highest BCUT2D eigenvalue weighted by Gasteiger charge is 2.48. The van der Waals surface area contributed by atoms with Crippen molar-refractivity contribution < 1.29 is 18.0 Å². The molecule has 0 fully saturated rings. The molecular formula is C16H14F3N3O. The average molecular weight is 321 g/mol. The van der Waals surface area contributed by atoms with Crippen LogP contribution in [0, 0.1) is 0 Å². The summed E-state index contributed by atoms with van der Waals surface area (Å²) in [5.74, 6) is -2.29. The van der Waals surface area contributed by atoms with E-state index >= 15 is 0 Å². The van der Waals surface area contributed by atoms with Gasteiger partial charge in [-0.3, -0.25) is 9.78 Å². The lowest BCUT2D eigenvalue weighted by Gasteiger charge is -2.27. The lowest BCUT2D eigenvalue weighted by atomic mass is 9.87. The standard InChI is InChI=1S/C16H14F3N3O/c17-16(18,19)13(9-3-5-21-6-4-9)14-12-2-1-10(15(20)23)7-11(12)8-22-14/h1-7,13-14,22H,8H2,(H2,20,23)/t13-,14?/m1/s1. The van der Waals surface area contributed by atoms with Crippen LogP contribution in [0.3, 0.4) is 0 Å². The van der Waals surface area contributed by atoms with Crippen LogP contribution in [-0.4, -0.2) is 17.1 Å². The van der Waals surface area contributed by atoms with Crippen LogP contribution in [0.25, 0.3) is 0 Å². The zero-order chi connectivity index (χ0) is 16.6. The van der Waals surface area contributed by atoms with Crippen molar-refractivity contribution in [3.05, 3.63) is 65.0 Å². The fraction of sp³-hybridized carbons (Fsp3) is 0.250. The Balaban J connectivity index is 2.03. The molecule has 2 aromatic rings. The molecule has 1 unspecified atom stereocenters. The molecule has 1 aromatic carbocycles. The van der Waals surface area contributed by atoms with Crippen molar-refractivity contribution in [2.45, 2.75) is 24.7 Å². The van der Waals surface area contributed by atoms with Crippen LogP contribution in [0.4, 0.5) is 13.2 Å². The summed E-state index contributed by atoms with van der Waals surface area (Å²) in [5.41, 5.74) is 6.85. The van der Waals surface area contributed by atoms with Crippen LogP contribution >= 0.6 is 0 Å². The summed E-state index contributed by atoms with van der Waals surface area (Å²) in [5, 5.41) is 2.90. The first-order chi connectivity index (χ1) is 10.9. The van der Waals surface area contributed by atoms with E-state index in [1.165, 1.54) is 30.6 Å². The number of rotatable bonds is 3. The predicted molar refractivity (Wildman–Crippen MR) is 77.6 cm³/mol. The van der Waals surface area contributed by atoms with Crippen LogP contribution in [-0.2, 0) is 6.54 Å². The number of nitrogens with one attached hydrogen (secondary N) is 1. The van der Waals surface area contributed by atoms with E-state index in [2.05, 4.69) is 10.3 Å². The number of benzene rings is 1. The summed E-state index contributed by atoms with van der Waals surface area (Å²) in [6.45, 7) is 0.263. The molecule has 1 aromatic heterocycles. The van der Waals surface area contributed by atoms with Crippen LogP contribution < -0.4 is 11.1 Å². The number of carbonyl (C=O) groups is 1. The fourth-order valence-electron chi connectivity index (χ4n) is 2.98. The van der Waals surface area contributed by atoms with Crippen LogP contribution in [0.15, 0.2) is 42.7 Å². The van der Waals surface area contributed by atoms with E-state index in [0.29, 0.717) is 16.7 Å². The monoisotopic (exact) mass is 321 g/mol. The van der Waals surface area contributed by atoms with Gasteiger partial charge < -0.3 is 11.1 Å². The summed E-state index contributed by atoms with van der Waals surface area (Å²) in [7, 11) is 0. The number of aromatic nitrogens is 1. The molecule has 1 aliphatic rings. The van der Waals surface area contributed by atoms with E-state index in [1.54, 1.807) is 12.1 Å². The van der Waals surface area contributed by atoms with E-state index in [9.17, 15) is 18.0 Å². The number of amides is 1. The first-order valence-corrected chi connectivity index (χ1v) is 7.00. The van der Waals surface area contributed by atoms with Crippen molar-refractivity contribution in [3.8, 4) is 0 Å². The first kappa shape index (κ1) is 15.5. The van der Waals surface area contributed by atoms with E-state index in [0.717, 1.165) is 0 Å². The first-order valence-electron chi connectivity index (χ1n) is 7.00. The summed E-state index contributed by atoms with van der Waals surface area (Å²) >= 11 is 0. The number of nitrogens with two attached hydrogens (primary N) is 1. The Labute approximate surface area is 130 Å². The van der Waals surface area contributed by atoms with Crippen molar-refractivity contribution in [1.29, 1.82) is 0 Å². The lowest BCUT2D eigenvalue weighted by Crippen LogP contribution is -2.32. The van der Waals surface area contributed by atoms with Gasteiger partial charge in [-0.1, -0.05) is 6.07 Å². The largest absolute Gasteiger partial charge is 0.397 e. The van der Waals surface area contributed by atoms with Crippen molar-refractivity contribution in [3.63, 3.8) is 0 Å². The minimum absolute atomic E-state index is 0.150. The average Bonchev–Trinajstić information content (AvgIpc) is 2.90. The van der Waals surface area contributed by atoms with Crippen LogP contribution in [0.5, 0.6) is 0 Å². The van der Waals surface area contributed by atoms with E-state index in [1.807, 2.05) is 0 Å². The molecule has 0 saturated heterocycles. The molecule has 0 aliphatic carbocycles. The number of primary amides is 1. The Morgan fingerprint density at radius 3 is 2.57 bits per heavy atom. The van der Waals surface area contributed by atoms with Gasteiger partial charge in [0.15, 0.2) is 0 Å². The summed E-state index contributed by atoms with van der Waals surface area (Å²) in [6, 6.07) is 6.38. The maximum absolute atomic E-state index is 13.6. The normalized spacial score (nSPS) is 18.5. The zero-order valence-electron chi connectivity index (χ0n) is 12.0. The molecule has 0 saturated carbocycles. The van der Waals surface area contributed by atoms with Gasteiger partial charge in [0.25, 0.3) is 0 Å². The topological polar surface area (TPSA) is 68.0 Å². The predicted octanol–water partition coefficient (Wildman–Crippen LogP) is 2.67. The maximum Gasteiger partial charge on any atom is 0.397 e. The smallest absolute Gasteiger partial charge is 0.366 e. The number of hydrogen-bond donors (Lipinski definition) is 2. The molecule has 2 atom stereocenters. The molecule has 3 N–H and O–H groups in total. The van der Waals surface area contributed by atoms with Crippen LogP contribution in [0.1, 0.15) is 39.0 Å². The second kappa shape index (κ2) is 5.66. The van der Waals surface area contributed by atoms with Gasteiger partial charge in [0.2, 0.25) is 5.91 Å². The fourth-order valence-corrected chi connectivity index (χ4v) is 2.98. The molecule has 0 bridgehead atoms. The minimum atomic E-state index is -4.41. The number of fused-ring (bicyclic) bond motifs is 1. The number of halogens is 3. The van der Waals surface area contributed by atoms with E-state index in [4.69, 9.17) is 5.73 Å². The third kappa shape index (κ3) is 2.92. The van der Waals surface area contributed by atoms with Crippen molar-refractivity contribution in [2.75, 3.05) is 0 Å². The van der Waals surface area contributed by atoms with Gasteiger partial charge in [0.1, 0.15) is 0 Å². The Morgan fingerprint density at radius 2 is 1.96 bits per heavy atom. The lowest BCUT2D eigenvalue weighted by molar-refractivity contribution is -0.157. The number of carbonyl (C=O) groups excluding carboxylic acids is 1. The Kier molecular flexibility index (Phi) is 3.81. The molecule has 7 heteroatoms. The van der Waals surface area contributed by atoms with E-state index < -0.39 is 24.0 Å². The molecule has 1 aliphatic heterocycles. The van der Waals surface area contributed by atoms with Crippen LogP contribution in [0.2, 0.25) is 0 Å². The van der Waals surface area contributed by atoms with Gasteiger partial charge in [-0.2, -0.15) is 13.2 Å². The van der Waals surface area contributed by atoms with Crippen molar-refractivity contribution >= 4 is 5.91 Å². The SMILES string of the molecule is NC(=O)c1ccc2c(c1)CNC2[C@@H](c1ccncc1)C(F)(F)F. The quantitative estimate of drug-likeness (QED) is 0.913. The number of nitrogens with zero attached hydrogens (tertiary/aromatic N) is 1. The highest BCUT2D eigenvalue weighted by molar-refractivity contribution is 5.93. The summed E-state index contributed by atoms with van der Waals surface area (Å²) in [4.78, 5) is 15.0. The number of hydrogen-bond acceptors (Lipinski definition) is 3. The maximum atomic E-state index is 13.6. The Bertz CT molecular complexity index is 731. The van der Waals surface area contributed by atoms with Gasteiger partial charge in [-0.15, -0.1) is 0 Å². The molecule has 2 heterocycles. The molecule has 1 amide bonds. The minimum Gasteiger partial charge on any atom is -0.366 e. The molecule has 4 nitrogen and oxygen atoms in total. The van der Waals surface area contributed by atoms with Gasteiger partial charge in [0.05, 0.1) is 5.92 Å². The highest BCUT2D eigenvalue weighted by atomic mass is 19.4. The second-order valence-electron chi connectivity index (χ2n) is 5.44. The molecule has 0 radical (unpaired) electrons. The number of alkyl halides is 3. The summed E-state index contributed by atoms with van der Waals surface area (Å²) < 4.78 is 40.9. The van der Waals surface area contributed by atoms with Crippen molar-refractivity contribution in [2.24, 2.45) is 5.73 Å². The molecule has 23 heavy (non-hydrogen) atoms. The van der Waals surface area contributed by atoms with Gasteiger partial charge >= 0.3 is 6.18 Å². The van der Waals surface area contributed by atoms with Gasteiger partial charge in [-0.05, 0) is 41.0 Å². The van der Waals surface area contributed by atoms with Gasteiger partial charge in [-0.25, -0.2) is 0 Å². The Morgan fingerprint density at radius 1 is 1.26 bits per heavy atom. The second-order valence-corrected chi connectivity index (χ2v) is 5.44. The third-order valence-corrected chi connectivity index (χ3v) is 4.03. The zero-order valence-corrected chi connectivity index (χ0v) is 12.0. The molecular weight excluding hydrogens is 307 g/mol. The summed E-state index contributed by atoms with van der Waals surface area (Å²) in [6.07, 6.45) is -1.72. The highest BCUT2D eigenvalue weighted by Crippen LogP contribution is 2.46. The molecule has 0 spiro atoms. The van der Waals surface area contributed by atoms with Gasteiger partial charge in [0, 0.05) is 30.5 Å².